The summed E-state index contributed by atoms with van der Waals surface area (Å²) >= 11 is 3.43. The first-order valence-electron chi connectivity index (χ1n) is 6.81. The fraction of sp³-hybridized carbons (Fsp3) is 0.429. The van der Waals surface area contributed by atoms with Crippen LogP contribution in [0.4, 0.5) is 0 Å². The maximum absolute atomic E-state index is 11.9. The second kappa shape index (κ2) is 6.80. The highest BCUT2D eigenvalue weighted by Gasteiger charge is 2.18. The molecule has 0 spiro atoms. The number of rotatable bonds is 5. The molecule has 0 fully saturated rings. The van der Waals surface area contributed by atoms with Crippen molar-refractivity contribution in [3.8, 4) is 5.69 Å². The molecule has 2 aromatic rings. The molecule has 1 N–H and O–H groups in total. The molecule has 112 valence electrons. The topological polar surface area (TPSA) is 72.7 Å². The summed E-state index contributed by atoms with van der Waals surface area (Å²) in [5.74, 6) is 0.921. The molecule has 2 rings (SSSR count). The number of hydrogen-bond acceptors (Lipinski definition) is 4. The molecule has 1 heterocycles. The van der Waals surface area contributed by atoms with E-state index in [0.29, 0.717) is 18.2 Å². The average Bonchev–Trinajstić information content (AvgIpc) is 2.86. The minimum atomic E-state index is -0.259. The van der Waals surface area contributed by atoms with Gasteiger partial charge in [0.15, 0.2) is 5.82 Å². The van der Waals surface area contributed by atoms with Crippen LogP contribution in [-0.4, -0.2) is 26.1 Å². The quantitative estimate of drug-likeness (QED) is 0.898. The summed E-state index contributed by atoms with van der Waals surface area (Å²) in [6.07, 6.45) is 0.489. The van der Waals surface area contributed by atoms with Crippen molar-refractivity contribution in [2.75, 3.05) is 0 Å². The van der Waals surface area contributed by atoms with Gasteiger partial charge in [0.25, 0.3) is 0 Å². The Hall–Kier alpha value is -1.76. The summed E-state index contributed by atoms with van der Waals surface area (Å²) in [5.41, 5.74) is 0.842. The molecule has 1 atom stereocenters. The third-order valence-corrected chi connectivity index (χ3v) is 3.40. The first-order chi connectivity index (χ1) is 9.97. The molecule has 1 amide bonds. The Labute approximate surface area is 132 Å². The van der Waals surface area contributed by atoms with Gasteiger partial charge in [-0.15, -0.1) is 5.10 Å². The highest BCUT2D eigenvalue weighted by Crippen LogP contribution is 2.18. The monoisotopic (exact) mass is 351 g/mol. The Kier molecular flexibility index (Phi) is 5.06. The summed E-state index contributed by atoms with van der Waals surface area (Å²) in [4.78, 5) is 11.9. The lowest BCUT2D eigenvalue weighted by Gasteiger charge is -2.14. The molecule has 6 nitrogen and oxygen atoms in total. The van der Waals surface area contributed by atoms with Crippen LogP contribution in [0.1, 0.15) is 39.1 Å². The number of benzene rings is 1. The first kappa shape index (κ1) is 15.6. The van der Waals surface area contributed by atoms with Crippen molar-refractivity contribution in [1.82, 2.24) is 25.5 Å². The summed E-state index contributed by atoms with van der Waals surface area (Å²) in [6.45, 7) is 5.89. The van der Waals surface area contributed by atoms with Gasteiger partial charge in [0.05, 0.1) is 11.7 Å². The lowest BCUT2D eigenvalue weighted by atomic mass is 10.1. The van der Waals surface area contributed by atoms with Crippen LogP contribution in [0.3, 0.4) is 0 Å². The summed E-state index contributed by atoms with van der Waals surface area (Å²) in [5, 5.41) is 14.7. The SMILES string of the molecule is CC(C)CC(=O)NC(C)c1nnnn1-c1cccc(Br)c1. The fourth-order valence-electron chi connectivity index (χ4n) is 1.99. The molecule has 1 aromatic carbocycles. The zero-order valence-electron chi connectivity index (χ0n) is 12.2. The lowest BCUT2D eigenvalue weighted by Crippen LogP contribution is -2.29. The summed E-state index contributed by atoms with van der Waals surface area (Å²) < 4.78 is 2.57. The van der Waals surface area contributed by atoms with E-state index in [2.05, 4.69) is 36.8 Å². The lowest BCUT2D eigenvalue weighted by molar-refractivity contribution is -0.122. The maximum atomic E-state index is 11.9. The summed E-state index contributed by atoms with van der Waals surface area (Å²) in [6, 6.07) is 7.41. The predicted octanol–water partition coefficient (Wildman–Crippen LogP) is 2.65. The van der Waals surface area contributed by atoms with Crippen molar-refractivity contribution in [2.45, 2.75) is 33.2 Å². The highest BCUT2D eigenvalue weighted by molar-refractivity contribution is 9.10. The number of carbonyl (C=O) groups excluding carboxylic acids is 1. The van der Waals surface area contributed by atoms with E-state index in [1.54, 1.807) is 4.68 Å². The Bertz CT molecular complexity index is 625. The molecule has 1 unspecified atom stereocenters. The standard InChI is InChI=1S/C14H18BrN5O/c1-9(2)7-13(21)16-10(3)14-17-18-19-20(14)12-6-4-5-11(15)8-12/h4-6,8-10H,7H2,1-3H3,(H,16,21). The van der Waals surface area contributed by atoms with E-state index in [4.69, 9.17) is 0 Å². The smallest absolute Gasteiger partial charge is 0.220 e. The molecule has 0 radical (unpaired) electrons. The van der Waals surface area contributed by atoms with Gasteiger partial charge in [-0.2, -0.15) is 4.68 Å². The van der Waals surface area contributed by atoms with Gasteiger partial charge < -0.3 is 5.32 Å². The molecular formula is C14H18BrN5O. The largest absolute Gasteiger partial charge is 0.346 e. The molecule has 21 heavy (non-hydrogen) atoms. The van der Waals surface area contributed by atoms with Crippen LogP contribution in [0.15, 0.2) is 28.7 Å². The number of carbonyl (C=O) groups is 1. The van der Waals surface area contributed by atoms with E-state index < -0.39 is 0 Å². The van der Waals surface area contributed by atoms with Gasteiger partial charge in [0.1, 0.15) is 0 Å². The van der Waals surface area contributed by atoms with E-state index in [-0.39, 0.29) is 11.9 Å². The third kappa shape index (κ3) is 4.10. The average molecular weight is 352 g/mol. The summed E-state index contributed by atoms with van der Waals surface area (Å²) in [7, 11) is 0. The van der Waals surface area contributed by atoms with Gasteiger partial charge in [-0.05, 0) is 41.5 Å². The third-order valence-electron chi connectivity index (χ3n) is 2.90. The van der Waals surface area contributed by atoms with E-state index >= 15 is 0 Å². The van der Waals surface area contributed by atoms with Gasteiger partial charge in [0.2, 0.25) is 5.91 Å². The van der Waals surface area contributed by atoms with E-state index in [1.165, 1.54) is 0 Å². The molecule has 0 aliphatic carbocycles. The van der Waals surface area contributed by atoms with E-state index in [1.807, 2.05) is 45.0 Å². The van der Waals surface area contributed by atoms with Gasteiger partial charge in [-0.25, -0.2) is 0 Å². The van der Waals surface area contributed by atoms with Crippen LogP contribution in [0.2, 0.25) is 0 Å². The Morgan fingerprint density at radius 3 is 2.81 bits per heavy atom. The van der Waals surface area contributed by atoms with Gasteiger partial charge in [-0.1, -0.05) is 35.8 Å². The number of amides is 1. The van der Waals surface area contributed by atoms with Crippen LogP contribution in [0.5, 0.6) is 0 Å². The molecular weight excluding hydrogens is 334 g/mol. The van der Waals surface area contributed by atoms with Gasteiger partial charge >= 0.3 is 0 Å². The number of nitrogens with zero attached hydrogens (tertiary/aromatic N) is 4. The van der Waals surface area contributed by atoms with Crippen molar-refractivity contribution in [1.29, 1.82) is 0 Å². The Morgan fingerprint density at radius 1 is 1.38 bits per heavy atom. The van der Waals surface area contributed by atoms with Crippen LogP contribution in [0, 0.1) is 5.92 Å². The van der Waals surface area contributed by atoms with Crippen molar-refractivity contribution >= 4 is 21.8 Å². The molecule has 0 saturated heterocycles. The number of tetrazole rings is 1. The minimum absolute atomic E-state index is 0.00120. The molecule has 0 aliphatic heterocycles. The van der Waals surface area contributed by atoms with Crippen molar-refractivity contribution in [3.05, 3.63) is 34.6 Å². The predicted molar refractivity (Wildman–Crippen MR) is 82.9 cm³/mol. The molecule has 0 aliphatic rings. The zero-order chi connectivity index (χ0) is 15.4. The second-order valence-electron chi connectivity index (χ2n) is 5.32. The van der Waals surface area contributed by atoms with Crippen molar-refractivity contribution in [2.24, 2.45) is 5.92 Å². The van der Waals surface area contributed by atoms with Crippen LogP contribution < -0.4 is 5.32 Å². The van der Waals surface area contributed by atoms with Crippen LogP contribution in [-0.2, 0) is 4.79 Å². The fourth-order valence-corrected chi connectivity index (χ4v) is 2.38. The number of hydrogen-bond donors (Lipinski definition) is 1. The van der Waals surface area contributed by atoms with Crippen LogP contribution in [0.25, 0.3) is 5.69 Å². The minimum Gasteiger partial charge on any atom is -0.346 e. The molecule has 1 aromatic heterocycles. The van der Waals surface area contributed by atoms with Crippen molar-refractivity contribution < 1.29 is 4.79 Å². The molecule has 7 heteroatoms. The van der Waals surface area contributed by atoms with Gasteiger partial charge in [-0.3, -0.25) is 4.79 Å². The number of nitrogens with one attached hydrogen (secondary N) is 1. The van der Waals surface area contributed by atoms with E-state index in [0.717, 1.165) is 10.2 Å². The van der Waals surface area contributed by atoms with E-state index in [9.17, 15) is 4.79 Å². The Morgan fingerprint density at radius 2 is 2.14 bits per heavy atom. The normalized spacial score (nSPS) is 12.4. The maximum Gasteiger partial charge on any atom is 0.220 e. The number of halogens is 1. The van der Waals surface area contributed by atoms with Gasteiger partial charge in [0, 0.05) is 10.9 Å². The Balaban J connectivity index is 2.18. The molecule has 0 bridgehead atoms. The highest BCUT2D eigenvalue weighted by atomic mass is 79.9. The number of aromatic nitrogens is 4. The van der Waals surface area contributed by atoms with Crippen LogP contribution >= 0.6 is 15.9 Å². The first-order valence-corrected chi connectivity index (χ1v) is 7.60. The molecule has 0 saturated carbocycles. The second-order valence-corrected chi connectivity index (χ2v) is 6.23. The van der Waals surface area contributed by atoms with Crippen molar-refractivity contribution in [3.63, 3.8) is 0 Å². The zero-order valence-corrected chi connectivity index (χ0v) is 13.8.